The highest BCUT2D eigenvalue weighted by molar-refractivity contribution is 7.91. The van der Waals surface area contributed by atoms with Gasteiger partial charge in [-0.05, 0) is 6.42 Å². The number of carboxylic acids is 1. The smallest absolute Gasteiger partial charge is 0.308 e. The van der Waals surface area contributed by atoms with Gasteiger partial charge < -0.3 is 9.63 Å². The standard InChI is InChI=1S/C9H11NO5S/c11-8(12)3-7-4-10-15-9(7)6-1-2-16(13,14)5-6/h4,6H,1-3,5H2,(H,11,12). The van der Waals surface area contributed by atoms with Crippen LogP contribution in [0.1, 0.15) is 23.7 Å². The summed E-state index contributed by atoms with van der Waals surface area (Å²) in [6.07, 6.45) is 1.63. The van der Waals surface area contributed by atoms with E-state index in [-0.39, 0.29) is 23.8 Å². The molecule has 7 heteroatoms. The molecule has 1 N–H and O–H groups in total. The average molecular weight is 245 g/mol. The van der Waals surface area contributed by atoms with Gasteiger partial charge in [-0.15, -0.1) is 0 Å². The number of hydrogen-bond acceptors (Lipinski definition) is 5. The van der Waals surface area contributed by atoms with E-state index >= 15 is 0 Å². The first-order valence-corrected chi connectivity index (χ1v) is 6.66. The van der Waals surface area contributed by atoms with Crippen molar-refractivity contribution < 1.29 is 22.8 Å². The van der Waals surface area contributed by atoms with Crippen LogP contribution >= 0.6 is 0 Å². The highest BCUT2D eigenvalue weighted by Crippen LogP contribution is 2.31. The maximum absolute atomic E-state index is 11.3. The van der Waals surface area contributed by atoms with E-state index in [2.05, 4.69) is 5.16 Å². The van der Waals surface area contributed by atoms with Crippen LogP contribution in [-0.2, 0) is 21.1 Å². The summed E-state index contributed by atoms with van der Waals surface area (Å²) >= 11 is 0. The molecule has 0 bridgehead atoms. The molecule has 1 unspecified atom stereocenters. The second kappa shape index (κ2) is 3.89. The van der Waals surface area contributed by atoms with E-state index in [1.165, 1.54) is 6.20 Å². The quantitative estimate of drug-likeness (QED) is 0.817. The Bertz CT molecular complexity index is 504. The van der Waals surface area contributed by atoms with Gasteiger partial charge in [0, 0.05) is 11.5 Å². The van der Waals surface area contributed by atoms with Crippen LogP contribution in [0.3, 0.4) is 0 Å². The molecular formula is C9H11NO5S. The summed E-state index contributed by atoms with van der Waals surface area (Å²) in [4.78, 5) is 10.6. The lowest BCUT2D eigenvalue weighted by Gasteiger charge is -2.04. The lowest BCUT2D eigenvalue weighted by Crippen LogP contribution is -2.07. The van der Waals surface area contributed by atoms with Gasteiger partial charge in [-0.25, -0.2) is 8.42 Å². The predicted octanol–water partition coefficient (Wildman–Crippen LogP) is 0.204. The van der Waals surface area contributed by atoms with Crippen molar-refractivity contribution in [1.29, 1.82) is 0 Å². The topological polar surface area (TPSA) is 97.5 Å². The van der Waals surface area contributed by atoms with Crippen molar-refractivity contribution >= 4 is 15.8 Å². The fourth-order valence-corrected chi connectivity index (χ4v) is 3.64. The monoisotopic (exact) mass is 245 g/mol. The molecule has 1 aliphatic rings. The Morgan fingerprint density at radius 2 is 2.38 bits per heavy atom. The van der Waals surface area contributed by atoms with Gasteiger partial charge in [0.1, 0.15) is 5.76 Å². The molecule has 1 atom stereocenters. The summed E-state index contributed by atoms with van der Waals surface area (Å²) < 4.78 is 27.5. The second-order valence-corrected chi connectivity index (χ2v) is 6.11. The molecule has 0 saturated carbocycles. The van der Waals surface area contributed by atoms with Crippen LogP contribution in [0.5, 0.6) is 0 Å². The molecule has 1 aromatic heterocycles. The first kappa shape index (κ1) is 11.1. The number of hydrogen-bond donors (Lipinski definition) is 1. The molecule has 2 heterocycles. The van der Waals surface area contributed by atoms with E-state index in [1.807, 2.05) is 0 Å². The van der Waals surface area contributed by atoms with E-state index in [0.717, 1.165) is 0 Å². The van der Waals surface area contributed by atoms with Crippen molar-refractivity contribution in [2.75, 3.05) is 11.5 Å². The van der Waals surface area contributed by atoms with Crippen molar-refractivity contribution in [2.24, 2.45) is 0 Å². The van der Waals surface area contributed by atoms with E-state index in [1.54, 1.807) is 0 Å². The van der Waals surface area contributed by atoms with Crippen molar-refractivity contribution in [3.8, 4) is 0 Å². The van der Waals surface area contributed by atoms with E-state index in [9.17, 15) is 13.2 Å². The minimum atomic E-state index is -3.00. The van der Waals surface area contributed by atoms with Gasteiger partial charge in [0.2, 0.25) is 0 Å². The van der Waals surface area contributed by atoms with Gasteiger partial charge in [0.25, 0.3) is 0 Å². The minimum Gasteiger partial charge on any atom is -0.481 e. The van der Waals surface area contributed by atoms with Crippen LogP contribution in [0, 0.1) is 0 Å². The lowest BCUT2D eigenvalue weighted by atomic mass is 10.0. The summed E-state index contributed by atoms with van der Waals surface area (Å²) in [6, 6.07) is 0. The maximum Gasteiger partial charge on any atom is 0.308 e. The van der Waals surface area contributed by atoms with Gasteiger partial charge >= 0.3 is 5.97 Å². The Labute approximate surface area is 92.2 Å². The van der Waals surface area contributed by atoms with Gasteiger partial charge in [-0.1, -0.05) is 5.16 Å². The molecule has 88 valence electrons. The number of aromatic nitrogens is 1. The normalized spacial score (nSPS) is 23.4. The molecule has 0 amide bonds. The van der Waals surface area contributed by atoms with E-state index in [4.69, 9.17) is 9.63 Å². The minimum absolute atomic E-state index is 0.0226. The van der Waals surface area contributed by atoms with Crippen LogP contribution in [0.25, 0.3) is 0 Å². The van der Waals surface area contributed by atoms with Gasteiger partial charge in [0.05, 0.1) is 24.1 Å². The van der Waals surface area contributed by atoms with Crippen molar-refractivity contribution in [3.05, 3.63) is 17.5 Å². The highest BCUT2D eigenvalue weighted by atomic mass is 32.2. The predicted molar refractivity (Wildman–Crippen MR) is 53.9 cm³/mol. The number of sulfone groups is 1. The number of nitrogens with zero attached hydrogens (tertiary/aromatic N) is 1. The van der Waals surface area contributed by atoms with Crippen LogP contribution in [-0.4, -0.2) is 36.2 Å². The summed E-state index contributed by atoms with van der Waals surface area (Å²) in [6.45, 7) is 0. The number of carbonyl (C=O) groups is 1. The first-order valence-electron chi connectivity index (χ1n) is 4.83. The van der Waals surface area contributed by atoms with Crippen molar-refractivity contribution in [2.45, 2.75) is 18.8 Å². The summed E-state index contributed by atoms with van der Waals surface area (Å²) in [5.41, 5.74) is 0.467. The largest absolute Gasteiger partial charge is 0.481 e. The molecular weight excluding hydrogens is 234 g/mol. The molecule has 1 aromatic rings. The van der Waals surface area contributed by atoms with E-state index in [0.29, 0.717) is 17.7 Å². The second-order valence-electron chi connectivity index (χ2n) is 3.89. The Morgan fingerprint density at radius 3 is 2.94 bits per heavy atom. The van der Waals surface area contributed by atoms with Crippen molar-refractivity contribution in [3.63, 3.8) is 0 Å². The molecule has 0 spiro atoms. The first-order chi connectivity index (χ1) is 7.48. The van der Waals surface area contributed by atoms with Gasteiger partial charge in [-0.3, -0.25) is 4.79 Å². The fourth-order valence-electron chi connectivity index (χ4n) is 1.90. The maximum atomic E-state index is 11.3. The fraction of sp³-hybridized carbons (Fsp3) is 0.556. The Kier molecular flexibility index (Phi) is 2.71. The number of rotatable bonds is 3. The van der Waals surface area contributed by atoms with Crippen LogP contribution in [0.2, 0.25) is 0 Å². The number of carboxylic acid groups (broad SMARTS) is 1. The zero-order valence-corrected chi connectivity index (χ0v) is 9.24. The van der Waals surface area contributed by atoms with Crippen molar-refractivity contribution in [1.82, 2.24) is 5.16 Å². The third-order valence-corrected chi connectivity index (χ3v) is 4.39. The SMILES string of the molecule is O=C(O)Cc1cnoc1C1CCS(=O)(=O)C1. The van der Waals surface area contributed by atoms with Crippen LogP contribution < -0.4 is 0 Å². The van der Waals surface area contributed by atoms with Gasteiger partial charge in [0.15, 0.2) is 9.84 Å². The molecule has 1 saturated heterocycles. The number of aliphatic carboxylic acids is 1. The third-order valence-electron chi connectivity index (χ3n) is 2.62. The highest BCUT2D eigenvalue weighted by Gasteiger charge is 2.33. The van der Waals surface area contributed by atoms with Crippen LogP contribution in [0.15, 0.2) is 10.7 Å². The third kappa shape index (κ3) is 2.24. The summed E-state index contributed by atoms with van der Waals surface area (Å²) in [5.74, 6) is -0.671. The van der Waals surface area contributed by atoms with Crippen LogP contribution in [0.4, 0.5) is 0 Å². The Balaban J connectivity index is 2.22. The van der Waals surface area contributed by atoms with E-state index < -0.39 is 15.8 Å². The molecule has 1 aliphatic heterocycles. The zero-order valence-electron chi connectivity index (χ0n) is 8.42. The Hall–Kier alpha value is -1.37. The Morgan fingerprint density at radius 1 is 1.62 bits per heavy atom. The molecule has 16 heavy (non-hydrogen) atoms. The molecule has 2 rings (SSSR count). The molecule has 0 radical (unpaired) electrons. The average Bonchev–Trinajstić information content (AvgIpc) is 2.71. The lowest BCUT2D eigenvalue weighted by molar-refractivity contribution is -0.136. The molecule has 0 aromatic carbocycles. The molecule has 1 fully saturated rings. The summed E-state index contributed by atoms with van der Waals surface area (Å²) in [5, 5.41) is 12.2. The molecule has 6 nitrogen and oxygen atoms in total. The van der Waals surface area contributed by atoms with Gasteiger partial charge in [-0.2, -0.15) is 0 Å². The molecule has 0 aliphatic carbocycles. The summed E-state index contributed by atoms with van der Waals surface area (Å²) in [7, 11) is -3.00. The zero-order chi connectivity index (χ0) is 11.8.